The number of halogens is 7. The number of aliphatic hydroxyl groups is 1. The van der Waals surface area contributed by atoms with Crippen LogP contribution in [0.15, 0.2) is 0 Å². The Morgan fingerprint density at radius 1 is 1.27 bits per heavy atom. The van der Waals surface area contributed by atoms with E-state index in [1.807, 2.05) is 0 Å². The van der Waals surface area contributed by atoms with Gasteiger partial charge in [-0.1, -0.05) is 0 Å². The number of aryl methyl sites for hydroxylation is 1. The molecule has 3 nitrogen and oxygen atoms in total. The van der Waals surface area contributed by atoms with Crippen molar-refractivity contribution in [2.24, 2.45) is 0 Å². The molecular formula is C12H13F7N2O. The summed E-state index contributed by atoms with van der Waals surface area (Å²) in [5.74, 6) is -6.84. The molecular weight excluding hydrogens is 321 g/mol. The Bertz CT molecular complexity index is 559. The third kappa shape index (κ3) is 3.21. The van der Waals surface area contributed by atoms with E-state index in [1.165, 1.54) is 0 Å². The van der Waals surface area contributed by atoms with Crippen molar-refractivity contribution in [3.05, 3.63) is 17.0 Å². The van der Waals surface area contributed by atoms with Crippen LogP contribution in [0, 0.1) is 0 Å². The van der Waals surface area contributed by atoms with Gasteiger partial charge in [0.1, 0.15) is 6.10 Å². The molecule has 0 bridgehead atoms. The molecule has 126 valence electrons. The van der Waals surface area contributed by atoms with Crippen molar-refractivity contribution in [3.8, 4) is 0 Å². The molecule has 1 aromatic heterocycles. The van der Waals surface area contributed by atoms with Crippen molar-refractivity contribution < 1.29 is 35.8 Å². The molecule has 22 heavy (non-hydrogen) atoms. The molecule has 1 aromatic rings. The van der Waals surface area contributed by atoms with Gasteiger partial charge in [0.2, 0.25) is 5.92 Å². The van der Waals surface area contributed by atoms with Crippen LogP contribution in [0.5, 0.6) is 0 Å². The smallest absolute Gasteiger partial charge is 0.382 e. The summed E-state index contributed by atoms with van der Waals surface area (Å²) in [5, 5.41) is 12.7. The first-order valence-electron chi connectivity index (χ1n) is 6.43. The van der Waals surface area contributed by atoms with Crippen LogP contribution < -0.4 is 0 Å². The zero-order valence-electron chi connectivity index (χ0n) is 11.4. The molecule has 0 aromatic carbocycles. The van der Waals surface area contributed by atoms with E-state index in [4.69, 9.17) is 0 Å². The normalized spacial score (nSPS) is 21.8. The molecule has 1 aliphatic carbocycles. The van der Waals surface area contributed by atoms with Crippen molar-refractivity contribution in [1.29, 1.82) is 0 Å². The molecule has 1 atom stereocenters. The highest BCUT2D eigenvalue weighted by molar-refractivity contribution is 5.35. The maximum Gasteiger partial charge on any atom is 0.435 e. The van der Waals surface area contributed by atoms with Crippen molar-refractivity contribution >= 4 is 0 Å². The molecule has 10 heteroatoms. The molecule has 0 saturated carbocycles. The minimum atomic E-state index is -5.06. The van der Waals surface area contributed by atoms with Gasteiger partial charge in [0, 0.05) is 30.6 Å². The molecule has 1 heterocycles. The number of fused-ring (bicyclic) bond motifs is 1. The van der Waals surface area contributed by atoms with E-state index in [1.54, 1.807) is 0 Å². The summed E-state index contributed by atoms with van der Waals surface area (Å²) in [6.07, 6.45) is -9.84. The van der Waals surface area contributed by atoms with Crippen LogP contribution in [0.2, 0.25) is 0 Å². The van der Waals surface area contributed by atoms with Crippen LogP contribution >= 0.6 is 0 Å². The van der Waals surface area contributed by atoms with Crippen molar-refractivity contribution in [1.82, 2.24) is 9.78 Å². The minimum absolute atomic E-state index is 0.269. The SMILES string of the molecule is CC(F)(F)CCn1nc(C(F)(F)F)c2c1CCC(F)(F)[C@H]2O. The first-order chi connectivity index (χ1) is 9.83. The van der Waals surface area contributed by atoms with Crippen LogP contribution in [0.4, 0.5) is 30.7 Å². The van der Waals surface area contributed by atoms with Crippen molar-refractivity contribution in [2.75, 3.05) is 0 Å². The van der Waals surface area contributed by atoms with Gasteiger partial charge in [-0.15, -0.1) is 0 Å². The summed E-state index contributed by atoms with van der Waals surface area (Å²) in [4.78, 5) is 0. The molecule has 1 aliphatic rings. The van der Waals surface area contributed by atoms with Gasteiger partial charge < -0.3 is 5.11 Å². The van der Waals surface area contributed by atoms with E-state index >= 15 is 0 Å². The number of hydrogen-bond donors (Lipinski definition) is 1. The molecule has 0 spiro atoms. The fraction of sp³-hybridized carbons (Fsp3) is 0.750. The summed E-state index contributed by atoms with van der Waals surface area (Å²) in [6.45, 7) is 0.0385. The average molecular weight is 334 g/mol. The lowest BCUT2D eigenvalue weighted by Crippen LogP contribution is -2.33. The Labute approximate surface area is 120 Å². The summed E-state index contributed by atoms with van der Waals surface area (Å²) >= 11 is 0. The van der Waals surface area contributed by atoms with Crippen LogP contribution in [0.25, 0.3) is 0 Å². The van der Waals surface area contributed by atoms with Crippen LogP contribution in [0.3, 0.4) is 0 Å². The summed E-state index contributed by atoms with van der Waals surface area (Å²) < 4.78 is 92.0. The quantitative estimate of drug-likeness (QED) is 0.859. The predicted octanol–water partition coefficient (Wildman–Crippen LogP) is 3.56. The fourth-order valence-corrected chi connectivity index (χ4v) is 2.39. The summed E-state index contributed by atoms with van der Waals surface area (Å²) in [5.41, 5.74) is -2.92. The van der Waals surface area contributed by atoms with E-state index in [0.717, 1.165) is 0 Å². The molecule has 2 rings (SSSR count). The first kappa shape index (κ1) is 17.0. The molecule has 1 N–H and O–H groups in total. The van der Waals surface area contributed by atoms with Crippen LogP contribution in [-0.2, 0) is 19.1 Å². The van der Waals surface area contributed by atoms with E-state index in [0.29, 0.717) is 11.6 Å². The first-order valence-corrected chi connectivity index (χ1v) is 6.43. The van der Waals surface area contributed by atoms with Gasteiger partial charge in [-0.3, -0.25) is 4.68 Å². The second kappa shape index (κ2) is 5.10. The fourth-order valence-electron chi connectivity index (χ4n) is 2.39. The van der Waals surface area contributed by atoms with Gasteiger partial charge in [0.05, 0.1) is 0 Å². The molecule has 0 aliphatic heterocycles. The lowest BCUT2D eigenvalue weighted by molar-refractivity contribution is -0.150. The molecule has 0 amide bonds. The highest BCUT2D eigenvalue weighted by Crippen LogP contribution is 2.46. The zero-order chi connectivity index (χ0) is 16.9. The largest absolute Gasteiger partial charge is 0.435 e. The molecule has 0 fully saturated rings. The van der Waals surface area contributed by atoms with Crippen LogP contribution in [0.1, 0.15) is 42.8 Å². The van der Waals surface area contributed by atoms with Crippen molar-refractivity contribution in [3.63, 3.8) is 0 Å². The maximum absolute atomic E-state index is 13.5. The Morgan fingerprint density at radius 3 is 2.36 bits per heavy atom. The van der Waals surface area contributed by atoms with Crippen molar-refractivity contribution in [2.45, 2.75) is 56.9 Å². The number of aliphatic hydroxyl groups excluding tert-OH is 1. The Balaban J connectivity index is 2.47. The second-order valence-electron chi connectivity index (χ2n) is 5.41. The van der Waals surface area contributed by atoms with E-state index < -0.39 is 61.2 Å². The second-order valence-corrected chi connectivity index (χ2v) is 5.41. The molecule has 0 saturated heterocycles. The van der Waals surface area contributed by atoms with Gasteiger partial charge in [-0.25, -0.2) is 17.6 Å². The van der Waals surface area contributed by atoms with Gasteiger partial charge >= 0.3 is 6.18 Å². The van der Waals surface area contributed by atoms with E-state index in [2.05, 4.69) is 5.10 Å². The van der Waals surface area contributed by atoms with E-state index in [-0.39, 0.29) is 5.69 Å². The minimum Gasteiger partial charge on any atom is -0.382 e. The number of alkyl halides is 7. The van der Waals surface area contributed by atoms with Gasteiger partial charge in [-0.05, 0) is 13.3 Å². The van der Waals surface area contributed by atoms with Gasteiger partial charge in [-0.2, -0.15) is 18.3 Å². The van der Waals surface area contributed by atoms with Gasteiger partial charge in [0.25, 0.3) is 5.92 Å². The maximum atomic E-state index is 13.5. The number of rotatable bonds is 3. The number of nitrogens with zero attached hydrogens (tertiary/aromatic N) is 2. The summed E-state index contributed by atoms with van der Waals surface area (Å²) in [7, 11) is 0. The average Bonchev–Trinajstić information content (AvgIpc) is 2.70. The standard InChI is InChI=1S/C12H13F7N2O/c1-10(13,14)4-5-21-6-2-3-11(15,16)9(22)7(6)8(20-21)12(17,18)19/h9,22H,2-5H2,1H3/t9-/m0/s1. The monoisotopic (exact) mass is 334 g/mol. The lowest BCUT2D eigenvalue weighted by Gasteiger charge is -2.28. The van der Waals surface area contributed by atoms with Crippen LogP contribution in [-0.4, -0.2) is 26.7 Å². The summed E-state index contributed by atoms with van der Waals surface area (Å²) in [6, 6.07) is 0. The molecule has 0 radical (unpaired) electrons. The predicted molar refractivity (Wildman–Crippen MR) is 60.7 cm³/mol. The lowest BCUT2D eigenvalue weighted by atomic mass is 9.89. The zero-order valence-corrected chi connectivity index (χ0v) is 11.4. The third-order valence-electron chi connectivity index (χ3n) is 3.50. The number of hydrogen-bond acceptors (Lipinski definition) is 2. The molecule has 0 unspecified atom stereocenters. The van der Waals surface area contributed by atoms with E-state index in [9.17, 15) is 35.8 Å². The topological polar surface area (TPSA) is 38.0 Å². The number of aromatic nitrogens is 2. The Hall–Kier alpha value is -1.32. The Kier molecular flexibility index (Phi) is 3.95. The highest BCUT2D eigenvalue weighted by Gasteiger charge is 2.51. The highest BCUT2D eigenvalue weighted by atomic mass is 19.4. The van der Waals surface area contributed by atoms with Gasteiger partial charge in [0.15, 0.2) is 5.69 Å². The third-order valence-corrected chi connectivity index (χ3v) is 3.50. The Morgan fingerprint density at radius 2 is 1.86 bits per heavy atom.